The third kappa shape index (κ3) is 4.29. The number of hydrogen-bond donors (Lipinski definition) is 1. The van der Waals surface area contributed by atoms with Crippen molar-refractivity contribution in [3.05, 3.63) is 35.4 Å². The van der Waals surface area contributed by atoms with Gasteiger partial charge in [-0.3, -0.25) is 4.90 Å². The van der Waals surface area contributed by atoms with Crippen molar-refractivity contribution in [1.29, 1.82) is 0 Å². The Kier molecular flexibility index (Phi) is 6.22. The Labute approximate surface area is 129 Å². The lowest BCUT2D eigenvalue weighted by atomic mass is 10.0. The van der Waals surface area contributed by atoms with Gasteiger partial charge < -0.3 is 10.0 Å². The monoisotopic (exact) mass is 290 g/mol. The summed E-state index contributed by atoms with van der Waals surface area (Å²) in [5, 5.41) is 10.4. The number of nitrogens with zero attached hydrogens (tertiary/aromatic N) is 2. The molecule has 21 heavy (non-hydrogen) atoms. The van der Waals surface area contributed by atoms with Crippen LogP contribution in [0.3, 0.4) is 0 Å². The fraction of sp³-hybridized carbons (Fsp3) is 0.667. The lowest BCUT2D eigenvalue weighted by Crippen LogP contribution is -2.37. The predicted molar refractivity (Wildman–Crippen MR) is 88.5 cm³/mol. The SMILES string of the molecule is CCN(CC)C1CCN(CCC(O)c2ccccc2C)C1. The predicted octanol–water partition coefficient (Wildman–Crippen LogP) is 2.83. The summed E-state index contributed by atoms with van der Waals surface area (Å²) < 4.78 is 0. The van der Waals surface area contributed by atoms with Crippen molar-refractivity contribution in [3.8, 4) is 0 Å². The zero-order valence-corrected chi connectivity index (χ0v) is 13.8. The Bertz CT molecular complexity index is 431. The van der Waals surface area contributed by atoms with E-state index in [9.17, 15) is 5.11 Å². The van der Waals surface area contributed by atoms with E-state index in [0.29, 0.717) is 6.04 Å². The second-order valence-corrected chi connectivity index (χ2v) is 6.13. The van der Waals surface area contributed by atoms with Crippen LogP contribution in [0, 0.1) is 6.92 Å². The lowest BCUT2D eigenvalue weighted by Gasteiger charge is -2.26. The minimum Gasteiger partial charge on any atom is -0.388 e. The summed E-state index contributed by atoms with van der Waals surface area (Å²) >= 11 is 0. The van der Waals surface area contributed by atoms with Crippen LogP contribution < -0.4 is 0 Å². The first-order valence-corrected chi connectivity index (χ1v) is 8.35. The zero-order valence-electron chi connectivity index (χ0n) is 13.8. The molecule has 1 aliphatic heterocycles. The van der Waals surface area contributed by atoms with Gasteiger partial charge in [-0.2, -0.15) is 0 Å². The molecule has 0 aliphatic carbocycles. The summed E-state index contributed by atoms with van der Waals surface area (Å²) in [6.07, 6.45) is 1.76. The van der Waals surface area contributed by atoms with Crippen LogP contribution in [0.15, 0.2) is 24.3 Å². The molecule has 0 bridgehead atoms. The van der Waals surface area contributed by atoms with Gasteiger partial charge in [0.05, 0.1) is 6.10 Å². The number of hydrogen-bond acceptors (Lipinski definition) is 3. The largest absolute Gasteiger partial charge is 0.388 e. The highest BCUT2D eigenvalue weighted by Gasteiger charge is 2.26. The average Bonchev–Trinajstić information content (AvgIpc) is 2.95. The maximum atomic E-state index is 10.4. The van der Waals surface area contributed by atoms with Gasteiger partial charge >= 0.3 is 0 Å². The van der Waals surface area contributed by atoms with Gasteiger partial charge in [-0.05, 0) is 50.5 Å². The molecule has 1 aromatic rings. The van der Waals surface area contributed by atoms with Crippen LogP contribution in [0.4, 0.5) is 0 Å². The zero-order chi connectivity index (χ0) is 15.2. The molecule has 1 aromatic carbocycles. The number of aliphatic hydroxyl groups excluding tert-OH is 1. The van der Waals surface area contributed by atoms with E-state index in [1.165, 1.54) is 18.5 Å². The Morgan fingerprint density at radius 3 is 2.67 bits per heavy atom. The molecular weight excluding hydrogens is 260 g/mol. The normalized spacial score (nSPS) is 21.1. The molecule has 2 rings (SSSR count). The summed E-state index contributed by atoms with van der Waals surface area (Å²) in [5.41, 5.74) is 2.27. The van der Waals surface area contributed by atoms with E-state index in [4.69, 9.17) is 0 Å². The van der Waals surface area contributed by atoms with Crippen molar-refractivity contribution in [3.63, 3.8) is 0 Å². The molecule has 0 saturated carbocycles. The second kappa shape index (κ2) is 7.92. The Hall–Kier alpha value is -0.900. The van der Waals surface area contributed by atoms with Crippen LogP contribution in [-0.2, 0) is 0 Å². The lowest BCUT2D eigenvalue weighted by molar-refractivity contribution is 0.144. The molecule has 3 heteroatoms. The van der Waals surface area contributed by atoms with Gasteiger partial charge in [0.25, 0.3) is 0 Å². The molecule has 118 valence electrons. The fourth-order valence-corrected chi connectivity index (χ4v) is 3.47. The highest BCUT2D eigenvalue weighted by atomic mass is 16.3. The van der Waals surface area contributed by atoms with Crippen molar-refractivity contribution < 1.29 is 5.11 Å². The van der Waals surface area contributed by atoms with Gasteiger partial charge in [-0.25, -0.2) is 0 Å². The quantitative estimate of drug-likeness (QED) is 0.836. The van der Waals surface area contributed by atoms with Crippen LogP contribution in [-0.4, -0.2) is 53.7 Å². The van der Waals surface area contributed by atoms with Crippen LogP contribution in [0.25, 0.3) is 0 Å². The van der Waals surface area contributed by atoms with Gasteiger partial charge in [-0.15, -0.1) is 0 Å². The molecule has 1 N–H and O–H groups in total. The second-order valence-electron chi connectivity index (χ2n) is 6.13. The first-order valence-electron chi connectivity index (χ1n) is 8.35. The Morgan fingerprint density at radius 1 is 1.29 bits per heavy atom. The number of rotatable bonds is 7. The third-order valence-electron chi connectivity index (χ3n) is 4.84. The van der Waals surface area contributed by atoms with E-state index in [1.807, 2.05) is 18.2 Å². The number of likely N-dealkylation sites (tertiary alicyclic amines) is 1. The number of likely N-dealkylation sites (N-methyl/N-ethyl adjacent to an activating group) is 1. The van der Waals surface area contributed by atoms with E-state index in [-0.39, 0.29) is 6.10 Å². The molecule has 1 saturated heterocycles. The summed E-state index contributed by atoms with van der Waals surface area (Å²) in [6.45, 7) is 12.2. The van der Waals surface area contributed by atoms with E-state index in [1.54, 1.807) is 0 Å². The smallest absolute Gasteiger partial charge is 0.0804 e. The molecule has 0 aromatic heterocycles. The van der Waals surface area contributed by atoms with Gasteiger partial charge in [0.15, 0.2) is 0 Å². The molecule has 0 radical (unpaired) electrons. The van der Waals surface area contributed by atoms with Crippen molar-refractivity contribution in [1.82, 2.24) is 9.80 Å². The average molecular weight is 290 g/mol. The van der Waals surface area contributed by atoms with Crippen molar-refractivity contribution in [2.45, 2.75) is 45.8 Å². The topological polar surface area (TPSA) is 26.7 Å². The molecule has 1 aliphatic rings. The fourth-order valence-electron chi connectivity index (χ4n) is 3.47. The number of aryl methyl sites for hydroxylation is 1. The molecule has 2 atom stereocenters. The molecule has 2 unspecified atom stereocenters. The van der Waals surface area contributed by atoms with Gasteiger partial charge in [-0.1, -0.05) is 38.1 Å². The van der Waals surface area contributed by atoms with E-state index in [0.717, 1.165) is 38.2 Å². The first-order chi connectivity index (χ1) is 10.2. The summed E-state index contributed by atoms with van der Waals surface area (Å²) in [7, 11) is 0. The molecular formula is C18H30N2O. The standard InChI is InChI=1S/C18H30N2O/c1-4-20(5-2)16-10-12-19(14-16)13-11-18(21)17-9-7-6-8-15(17)3/h6-9,16,18,21H,4-5,10-14H2,1-3H3. The highest BCUT2D eigenvalue weighted by molar-refractivity contribution is 5.27. The van der Waals surface area contributed by atoms with Crippen LogP contribution in [0.1, 0.15) is 43.9 Å². The Morgan fingerprint density at radius 2 is 2.00 bits per heavy atom. The van der Waals surface area contributed by atoms with Crippen molar-refractivity contribution in [2.75, 3.05) is 32.7 Å². The van der Waals surface area contributed by atoms with Gasteiger partial charge in [0.2, 0.25) is 0 Å². The number of aliphatic hydroxyl groups is 1. The van der Waals surface area contributed by atoms with E-state index >= 15 is 0 Å². The van der Waals surface area contributed by atoms with Gasteiger partial charge in [0, 0.05) is 19.1 Å². The molecule has 0 amide bonds. The highest BCUT2D eigenvalue weighted by Crippen LogP contribution is 2.22. The van der Waals surface area contributed by atoms with Gasteiger partial charge in [0.1, 0.15) is 0 Å². The third-order valence-corrected chi connectivity index (χ3v) is 4.84. The minimum atomic E-state index is -0.335. The van der Waals surface area contributed by atoms with Crippen LogP contribution in [0.2, 0.25) is 0 Å². The summed E-state index contributed by atoms with van der Waals surface area (Å²) in [4.78, 5) is 5.06. The molecule has 3 nitrogen and oxygen atoms in total. The Balaban J connectivity index is 1.80. The van der Waals surface area contributed by atoms with Crippen molar-refractivity contribution in [2.24, 2.45) is 0 Å². The summed E-state index contributed by atoms with van der Waals surface area (Å²) in [6, 6.07) is 8.86. The van der Waals surface area contributed by atoms with Crippen LogP contribution >= 0.6 is 0 Å². The molecule has 0 spiro atoms. The first kappa shape index (κ1) is 16.5. The maximum Gasteiger partial charge on any atom is 0.0804 e. The maximum absolute atomic E-state index is 10.4. The van der Waals surface area contributed by atoms with E-state index in [2.05, 4.69) is 36.6 Å². The van der Waals surface area contributed by atoms with E-state index < -0.39 is 0 Å². The summed E-state index contributed by atoms with van der Waals surface area (Å²) in [5.74, 6) is 0. The number of benzene rings is 1. The molecule has 1 heterocycles. The minimum absolute atomic E-state index is 0.335. The molecule has 1 fully saturated rings. The van der Waals surface area contributed by atoms with Crippen molar-refractivity contribution >= 4 is 0 Å². The van der Waals surface area contributed by atoms with Crippen LogP contribution in [0.5, 0.6) is 0 Å².